The number of aryl methyl sites for hydroxylation is 1. The predicted molar refractivity (Wildman–Crippen MR) is 126 cm³/mol. The van der Waals surface area contributed by atoms with Crippen LogP contribution in [-0.4, -0.2) is 69.8 Å². The zero-order chi connectivity index (χ0) is 18.8. The molecule has 0 unspecified atom stereocenters. The lowest BCUT2D eigenvalue weighted by molar-refractivity contribution is 0.180. The van der Waals surface area contributed by atoms with E-state index in [-0.39, 0.29) is 24.0 Å². The molecule has 27 heavy (non-hydrogen) atoms. The van der Waals surface area contributed by atoms with E-state index in [9.17, 15) is 0 Å². The number of para-hydroxylation sites is 1. The van der Waals surface area contributed by atoms with Gasteiger partial charge in [0.15, 0.2) is 5.96 Å². The number of hydrogen-bond donors (Lipinski definition) is 3. The summed E-state index contributed by atoms with van der Waals surface area (Å²) in [4.78, 5) is 10.1. The van der Waals surface area contributed by atoms with Crippen LogP contribution >= 0.6 is 24.0 Å². The van der Waals surface area contributed by atoms with E-state index in [4.69, 9.17) is 4.74 Å². The minimum Gasteiger partial charge on any atom is -0.385 e. The molecule has 0 fully saturated rings. The Kier molecular flexibility index (Phi) is 11.4. The number of guanidine groups is 1. The van der Waals surface area contributed by atoms with Crippen LogP contribution < -0.4 is 10.6 Å². The Balaban J connectivity index is 0.00000364. The molecule has 0 aliphatic carbocycles. The number of methoxy groups -OCH3 is 1. The molecular weight excluding hydrogens is 453 g/mol. The fourth-order valence-electron chi connectivity index (χ4n) is 3.14. The van der Waals surface area contributed by atoms with Crippen LogP contribution in [0.3, 0.4) is 0 Å². The van der Waals surface area contributed by atoms with Crippen molar-refractivity contribution in [1.82, 2.24) is 20.5 Å². The van der Waals surface area contributed by atoms with E-state index in [1.54, 1.807) is 7.11 Å². The molecule has 1 heterocycles. The van der Waals surface area contributed by atoms with Gasteiger partial charge in [0.1, 0.15) is 0 Å². The number of H-pyrrole nitrogens is 1. The first kappa shape index (κ1) is 23.7. The number of likely N-dealkylation sites (N-methyl/N-ethyl adjacent to an activating group) is 1. The van der Waals surface area contributed by atoms with Crippen molar-refractivity contribution < 1.29 is 4.74 Å². The summed E-state index contributed by atoms with van der Waals surface area (Å²) in [5, 5.41) is 8.11. The summed E-state index contributed by atoms with van der Waals surface area (Å²) < 4.78 is 5.09. The highest BCUT2D eigenvalue weighted by molar-refractivity contribution is 14.0. The summed E-state index contributed by atoms with van der Waals surface area (Å²) in [6.45, 7) is 6.70. The molecule has 0 aliphatic rings. The molecule has 1 aromatic carbocycles. The van der Waals surface area contributed by atoms with Crippen LogP contribution in [0.15, 0.2) is 29.3 Å². The number of halogens is 1. The van der Waals surface area contributed by atoms with E-state index in [2.05, 4.69) is 63.7 Å². The molecule has 0 bridgehead atoms. The van der Waals surface area contributed by atoms with E-state index in [1.165, 1.54) is 22.2 Å². The van der Waals surface area contributed by atoms with Gasteiger partial charge in [-0.15, -0.1) is 24.0 Å². The number of ether oxygens (including phenoxy) is 1. The first-order valence-corrected chi connectivity index (χ1v) is 9.34. The van der Waals surface area contributed by atoms with Crippen molar-refractivity contribution in [1.29, 1.82) is 0 Å². The van der Waals surface area contributed by atoms with Crippen LogP contribution in [0.4, 0.5) is 0 Å². The second-order valence-electron chi connectivity index (χ2n) is 6.60. The Labute approximate surface area is 180 Å². The van der Waals surface area contributed by atoms with Crippen molar-refractivity contribution in [2.45, 2.75) is 19.8 Å². The molecule has 0 atom stereocenters. The van der Waals surface area contributed by atoms with Crippen molar-refractivity contribution in [3.8, 4) is 0 Å². The summed E-state index contributed by atoms with van der Waals surface area (Å²) in [5.74, 6) is 0.854. The Morgan fingerprint density at radius 2 is 1.93 bits per heavy atom. The predicted octanol–water partition coefficient (Wildman–Crippen LogP) is 2.77. The van der Waals surface area contributed by atoms with Gasteiger partial charge in [-0.3, -0.25) is 4.99 Å². The number of aromatic amines is 1. The first-order valence-electron chi connectivity index (χ1n) is 9.34. The van der Waals surface area contributed by atoms with Gasteiger partial charge in [-0.25, -0.2) is 0 Å². The minimum atomic E-state index is 0. The Hall–Kier alpha value is -1.32. The maximum Gasteiger partial charge on any atom is 0.191 e. The monoisotopic (exact) mass is 487 g/mol. The highest BCUT2D eigenvalue weighted by atomic mass is 127. The first-order chi connectivity index (χ1) is 12.7. The van der Waals surface area contributed by atoms with Gasteiger partial charge in [0, 0.05) is 63.5 Å². The Morgan fingerprint density at radius 3 is 2.67 bits per heavy atom. The van der Waals surface area contributed by atoms with Crippen LogP contribution in [0.5, 0.6) is 0 Å². The molecule has 0 aliphatic heterocycles. The number of aliphatic imine (C=N–C) groups is 1. The maximum absolute atomic E-state index is 5.09. The van der Waals surface area contributed by atoms with Gasteiger partial charge in [-0.2, -0.15) is 0 Å². The smallest absolute Gasteiger partial charge is 0.191 e. The summed E-state index contributed by atoms with van der Waals surface area (Å²) in [6.07, 6.45) is 2.03. The van der Waals surface area contributed by atoms with Gasteiger partial charge >= 0.3 is 0 Å². The average molecular weight is 487 g/mol. The number of hydrogen-bond acceptors (Lipinski definition) is 3. The third kappa shape index (κ3) is 7.67. The third-order valence-electron chi connectivity index (χ3n) is 4.59. The van der Waals surface area contributed by atoms with Crippen LogP contribution in [0.25, 0.3) is 10.9 Å². The molecule has 0 saturated carbocycles. The second kappa shape index (κ2) is 13.0. The number of rotatable bonds is 10. The van der Waals surface area contributed by atoms with E-state index >= 15 is 0 Å². The summed E-state index contributed by atoms with van der Waals surface area (Å²) >= 11 is 0. The van der Waals surface area contributed by atoms with Gasteiger partial charge in [0.25, 0.3) is 0 Å². The quantitative estimate of drug-likeness (QED) is 0.209. The summed E-state index contributed by atoms with van der Waals surface area (Å²) in [5.41, 5.74) is 3.83. The molecule has 0 saturated heterocycles. The molecule has 2 rings (SSSR count). The zero-order valence-electron chi connectivity index (χ0n) is 17.0. The van der Waals surface area contributed by atoms with Crippen molar-refractivity contribution in [3.05, 3.63) is 35.5 Å². The van der Waals surface area contributed by atoms with E-state index < -0.39 is 0 Å². The molecule has 3 N–H and O–H groups in total. The van der Waals surface area contributed by atoms with Gasteiger partial charge in [-0.05, 0) is 38.4 Å². The molecule has 152 valence electrons. The third-order valence-corrected chi connectivity index (χ3v) is 4.59. The number of nitrogens with zero attached hydrogens (tertiary/aromatic N) is 2. The number of benzene rings is 1. The van der Waals surface area contributed by atoms with Crippen molar-refractivity contribution in [2.24, 2.45) is 4.99 Å². The van der Waals surface area contributed by atoms with Crippen LogP contribution in [0.1, 0.15) is 17.7 Å². The standard InChI is InChI=1S/C20H33N5O.HI/c1-16-17(18-8-5-6-9-19(18)24-16)10-11-22-20(21-2)23-12-14-25(3)13-7-15-26-4;/h5-6,8-9,24H,7,10-15H2,1-4H3,(H2,21,22,23);1H. The van der Waals surface area contributed by atoms with E-state index in [1.807, 2.05) is 7.05 Å². The minimum absolute atomic E-state index is 0. The lowest BCUT2D eigenvalue weighted by Gasteiger charge is -2.18. The van der Waals surface area contributed by atoms with Gasteiger partial charge in [0.2, 0.25) is 0 Å². The lowest BCUT2D eigenvalue weighted by atomic mass is 10.1. The van der Waals surface area contributed by atoms with Crippen molar-refractivity contribution >= 4 is 40.8 Å². The number of nitrogens with one attached hydrogen (secondary N) is 3. The highest BCUT2D eigenvalue weighted by Crippen LogP contribution is 2.21. The van der Waals surface area contributed by atoms with E-state index in [0.717, 1.165) is 51.6 Å². The normalized spacial score (nSPS) is 11.7. The van der Waals surface area contributed by atoms with Crippen LogP contribution in [0.2, 0.25) is 0 Å². The second-order valence-corrected chi connectivity index (χ2v) is 6.60. The largest absolute Gasteiger partial charge is 0.385 e. The van der Waals surface area contributed by atoms with Crippen molar-refractivity contribution in [3.63, 3.8) is 0 Å². The topological polar surface area (TPSA) is 64.7 Å². The van der Waals surface area contributed by atoms with Crippen LogP contribution in [0, 0.1) is 6.92 Å². The average Bonchev–Trinajstić information content (AvgIpc) is 2.96. The molecule has 1 aromatic heterocycles. The van der Waals surface area contributed by atoms with Crippen LogP contribution in [-0.2, 0) is 11.2 Å². The molecule has 0 radical (unpaired) electrons. The van der Waals surface area contributed by atoms with Gasteiger partial charge < -0.3 is 25.3 Å². The highest BCUT2D eigenvalue weighted by Gasteiger charge is 2.08. The van der Waals surface area contributed by atoms with Gasteiger partial charge in [-0.1, -0.05) is 18.2 Å². The SMILES string of the molecule is CN=C(NCCc1c(C)[nH]c2ccccc12)NCCN(C)CCCOC.I. The zero-order valence-corrected chi connectivity index (χ0v) is 19.3. The number of fused-ring (bicyclic) bond motifs is 1. The molecule has 7 heteroatoms. The molecule has 2 aromatic rings. The van der Waals surface area contributed by atoms with Gasteiger partial charge in [0.05, 0.1) is 0 Å². The summed E-state index contributed by atoms with van der Waals surface area (Å²) in [6, 6.07) is 8.47. The Bertz CT molecular complexity index is 701. The summed E-state index contributed by atoms with van der Waals surface area (Å²) in [7, 11) is 5.69. The maximum atomic E-state index is 5.09. The van der Waals surface area contributed by atoms with E-state index in [0.29, 0.717) is 0 Å². The molecule has 0 amide bonds. The fourth-order valence-corrected chi connectivity index (χ4v) is 3.14. The molecular formula is C20H34IN5O. The Morgan fingerprint density at radius 1 is 1.19 bits per heavy atom. The molecule has 0 spiro atoms. The fraction of sp³-hybridized carbons (Fsp3) is 0.550. The lowest BCUT2D eigenvalue weighted by Crippen LogP contribution is -2.41. The van der Waals surface area contributed by atoms with Crippen molar-refractivity contribution in [2.75, 3.05) is 54.0 Å². The molecule has 6 nitrogen and oxygen atoms in total. The number of aromatic nitrogens is 1.